The van der Waals surface area contributed by atoms with Crippen LogP contribution >= 0.6 is 39.3 Å². The molecule has 0 unspecified atom stereocenters. The Labute approximate surface area is 132 Å². The molecular formula is C14H19BrClNOS. The van der Waals surface area contributed by atoms with Crippen molar-refractivity contribution in [3.05, 3.63) is 33.3 Å². The van der Waals surface area contributed by atoms with Gasteiger partial charge in [-0.3, -0.25) is 4.79 Å². The molecule has 19 heavy (non-hydrogen) atoms. The fourth-order valence-electron chi connectivity index (χ4n) is 1.84. The quantitative estimate of drug-likeness (QED) is 0.789. The Bertz CT molecular complexity index is 441. The number of benzene rings is 1. The fourth-order valence-corrected chi connectivity index (χ4v) is 3.13. The van der Waals surface area contributed by atoms with Crippen LogP contribution in [0.3, 0.4) is 0 Å². The Hall–Kier alpha value is -0.190. The molecule has 0 aliphatic carbocycles. The molecule has 0 bridgehead atoms. The Morgan fingerprint density at radius 1 is 1.42 bits per heavy atom. The molecule has 1 rings (SSSR count). The summed E-state index contributed by atoms with van der Waals surface area (Å²) in [5.41, 5.74) is 0.624. The number of hydrogen-bond acceptors (Lipinski definition) is 2. The van der Waals surface area contributed by atoms with Gasteiger partial charge in [0, 0.05) is 21.3 Å². The molecule has 0 saturated carbocycles. The molecule has 0 aromatic heterocycles. The molecule has 0 aliphatic heterocycles. The summed E-state index contributed by atoms with van der Waals surface area (Å²) >= 11 is 11.1. The molecule has 0 spiro atoms. The molecule has 106 valence electrons. The van der Waals surface area contributed by atoms with Gasteiger partial charge in [0.1, 0.15) is 0 Å². The zero-order chi connectivity index (χ0) is 14.5. The van der Waals surface area contributed by atoms with Crippen LogP contribution in [0.5, 0.6) is 0 Å². The molecule has 0 atom stereocenters. The Morgan fingerprint density at radius 3 is 2.53 bits per heavy atom. The van der Waals surface area contributed by atoms with Crippen molar-refractivity contribution < 1.29 is 4.79 Å². The topological polar surface area (TPSA) is 29.1 Å². The minimum Gasteiger partial charge on any atom is -0.351 e. The highest BCUT2D eigenvalue weighted by atomic mass is 79.9. The van der Waals surface area contributed by atoms with Gasteiger partial charge in [0.25, 0.3) is 5.91 Å². The molecule has 0 radical (unpaired) electrons. The minimum atomic E-state index is -0.0577. The number of carbonyl (C=O) groups excluding carboxylic acids is 1. The lowest BCUT2D eigenvalue weighted by atomic mass is 10.0. The third kappa shape index (κ3) is 4.40. The van der Waals surface area contributed by atoms with Crippen molar-refractivity contribution in [2.75, 3.05) is 12.8 Å². The van der Waals surface area contributed by atoms with E-state index in [1.165, 1.54) is 0 Å². The van der Waals surface area contributed by atoms with Crippen LogP contribution in [-0.4, -0.2) is 23.5 Å². The van der Waals surface area contributed by atoms with Crippen LogP contribution in [0.2, 0.25) is 5.02 Å². The first-order valence-electron chi connectivity index (χ1n) is 6.26. The third-order valence-corrected chi connectivity index (χ3v) is 6.28. The van der Waals surface area contributed by atoms with Crippen molar-refractivity contribution in [3.63, 3.8) is 0 Å². The molecule has 0 saturated heterocycles. The highest BCUT2D eigenvalue weighted by Crippen LogP contribution is 2.29. The van der Waals surface area contributed by atoms with Gasteiger partial charge in [0.05, 0.1) is 5.02 Å². The summed E-state index contributed by atoms with van der Waals surface area (Å²) in [6, 6.07) is 5.21. The lowest BCUT2D eigenvalue weighted by molar-refractivity contribution is 0.0949. The Kier molecular flexibility index (Phi) is 6.71. The van der Waals surface area contributed by atoms with Crippen molar-refractivity contribution >= 4 is 45.2 Å². The van der Waals surface area contributed by atoms with E-state index >= 15 is 0 Å². The van der Waals surface area contributed by atoms with Crippen LogP contribution in [0, 0.1) is 0 Å². The minimum absolute atomic E-state index is 0.0577. The largest absolute Gasteiger partial charge is 0.351 e. The van der Waals surface area contributed by atoms with Crippen molar-refractivity contribution in [2.24, 2.45) is 0 Å². The molecule has 0 heterocycles. The van der Waals surface area contributed by atoms with Gasteiger partial charge in [0.15, 0.2) is 0 Å². The number of nitrogens with one attached hydrogen (secondary N) is 1. The van der Waals surface area contributed by atoms with E-state index < -0.39 is 0 Å². The SMILES string of the molecule is CCC(CC)(CNC(=O)c1ccc(Cl)c(Br)c1)SC. The van der Waals surface area contributed by atoms with Gasteiger partial charge >= 0.3 is 0 Å². The third-order valence-electron chi connectivity index (χ3n) is 3.47. The summed E-state index contributed by atoms with van der Waals surface area (Å²) in [6.07, 6.45) is 4.17. The highest BCUT2D eigenvalue weighted by molar-refractivity contribution is 9.10. The van der Waals surface area contributed by atoms with Gasteiger partial charge in [-0.05, 0) is 53.2 Å². The fraction of sp³-hybridized carbons (Fsp3) is 0.500. The zero-order valence-corrected chi connectivity index (χ0v) is 14.6. The summed E-state index contributed by atoms with van der Waals surface area (Å²) < 4.78 is 0.864. The molecule has 5 heteroatoms. The Morgan fingerprint density at radius 2 is 2.05 bits per heavy atom. The summed E-state index contributed by atoms with van der Waals surface area (Å²) in [5.74, 6) is -0.0577. The van der Waals surface area contributed by atoms with E-state index in [0.717, 1.165) is 17.3 Å². The predicted octanol–water partition coefficient (Wildman–Crippen LogP) is 4.75. The summed E-state index contributed by atoms with van der Waals surface area (Å²) in [7, 11) is 0. The van der Waals surface area contributed by atoms with E-state index in [9.17, 15) is 4.79 Å². The average Bonchev–Trinajstić information content (AvgIpc) is 2.43. The first-order valence-corrected chi connectivity index (χ1v) is 8.66. The lowest BCUT2D eigenvalue weighted by Crippen LogP contribution is -2.39. The van der Waals surface area contributed by atoms with E-state index in [-0.39, 0.29) is 10.7 Å². The molecule has 1 aromatic carbocycles. The second kappa shape index (κ2) is 7.55. The first-order chi connectivity index (χ1) is 8.98. The number of carbonyl (C=O) groups is 1. The lowest BCUT2D eigenvalue weighted by Gasteiger charge is -2.29. The molecule has 0 aliphatic rings. The monoisotopic (exact) mass is 363 g/mol. The van der Waals surface area contributed by atoms with Gasteiger partial charge in [-0.15, -0.1) is 0 Å². The number of amides is 1. The van der Waals surface area contributed by atoms with Crippen LogP contribution in [0.4, 0.5) is 0 Å². The number of hydrogen-bond donors (Lipinski definition) is 1. The van der Waals surface area contributed by atoms with Gasteiger partial charge in [-0.25, -0.2) is 0 Å². The van der Waals surface area contributed by atoms with E-state index in [1.807, 2.05) is 11.8 Å². The van der Waals surface area contributed by atoms with Crippen molar-refractivity contribution in [2.45, 2.75) is 31.4 Å². The highest BCUT2D eigenvalue weighted by Gasteiger charge is 2.25. The Balaban J connectivity index is 2.72. The van der Waals surface area contributed by atoms with Crippen LogP contribution in [0.15, 0.2) is 22.7 Å². The maximum absolute atomic E-state index is 12.1. The van der Waals surface area contributed by atoms with Crippen molar-refractivity contribution in [1.29, 1.82) is 0 Å². The number of halogens is 2. The van der Waals surface area contributed by atoms with Gasteiger partial charge in [0.2, 0.25) is 0 Å². The van der Waals surface area contributed by atoms with Crippen LogP contribution < -0.4 is 5.32 Å². The van der Waals surface area contributed by atoms with Crippen molar-refractivity contribution in [1.82, 2.24) is 5.32 Å². The average molecular weight is 365 g/mol. The summed E-state index contributed by atoms with van der Waals surface area (Å²) in [5, 5.41) is 3.62. The van der Waals surface area contributed by atoms with E-state index in [4.69, 9.17) is 11.6 Å². The molecule has 1 N–H and O–H groups in total. The molecule has 1 amide bonds. The van der Waals surface area contributed by atoms with E-state index in [2.05, 4.69) is 41.3 Å². The normalized spacial score (nSPS) is 11.4. The standard InChI is InChI=1S/C14H19BrClNOS/c1-4-14(5-2,19-3)9-17-13(18)10-6-7-12(16)11(15)8-10/h6-8H,4-5,9H2,1-3H3,(H,17,18). The first kappa shape index (κ1) is 16.9. The van der Waals surface area contributed by atoms with Gasteiger partial charge in [-0.1, -0.05) is 25.4 Å². The van der Waals surface area contributed by atoms with Crippen LogP contribution in [0.25, 0.3) is 0 Å². The maximum atomic E-state index is 12.1. The molecular weight excluding hydrogens is 346 g/mol. The molecule has 0 fully saturated rings. The van der Waals surface area contributed by atoms with E-state index in [1.54, 1.807) is 18.2 Å². The number of rotatable bonds is 6. The summed E-state index contributed by atoms with van der Waals surface area (Å²) in [6.45, 7) is 5.00. The molecule has 2 nitrogen and oxygen atoms in total. The van der Waals surface area contributed by atoms with Gasteiger partial charge < -0.3 is 5.32 Å². The van der Waals surface area contributed by atoms with Crippen LogP contribution in [0.1, 0.15) is 37.0 Å². The maximum Gasteiger partial charge on any atom is 0.251 e. The van der Waals surface area contributed by atoms with Crippen molar-refractivity contribution in [3.8, 4) is 0 Å². The van der Waals surface area contributed by atoms with Gasteiger partial charge in [-0.2, -0.15) is 11.8 Å². The number of thioether (sulfide) groups is 1. The van der Waals surface area contributed by atoms with Crippen LogP contribution in [-0.2, 0) is 0 Å². The second-order valence-electron chi connectivity index (χ2n) is 4.41. The second-order valence-corrected chi connectivity index (χ2v) is 6.94. The molecule has 1 aromatic rings. The smallest absolute Gasteiger partial charge is 0.251 e. The summed E-state index contributed by atoms with van der Waals surface area (Å²) in [4.78, 5) is 12.1. The predicted molar refractivity (Wildman–Crippen MR) is 88.3 cm³/mol. The van der Waals surface area contributed by atoms with E-state index in [0.29, 0.717) is 17.1 Å². The zero-order valence-electron chi connectivity index (χ0n) is 11.4.